The lowest BCUT2D eigenvalue weighted by atomic mass is 10.1. The minimum Gasteiger partial charge on any atom is -0.493 e. The van der Waals surface area contributed by atoms with Crippen molar-refractivity contribution in [2.75, 3.05) is 12.4 Å². The van der Waals surface area contributed by atoms with E-state index in [9.17, 15) is 10.1 Å². The van der Waals surface area contributed by atoms with Gasteiger partial charge in [-0.2, -0.15) is 5.26 Å². The van der Waals surface area contributed by atoms with Gasteiger partial charge in [-0.1, -0.05) is 45.8 Å². The van der Waals surface area contributed by atoms with E-state index in [1.165, 1.54) is 11.6 Å². The summed E-state index contributed by atoms with van der Waals surface area (Å²) in [5, 5.41) is 12.2. The summed E-state index contributed by atoms with van der Waals surface area (Å²) in [6, 6.07) is 20.8. The zero-order valence-corrected chi connectivity index (χ0v) is 21.2. The Bertz CT molecular complexity index is 1180. The topological polar surface area (TPSA) is 71.3 Å². The number of hydrogen-bond acceptors (Lipinski definition) is 4. The highest BCUT2D eigenvalue weighted by Gasteiger charge is 2.14. The molecule has 0 saturated carbocycles. The predicted molar refractivity (Wildman–Crippen MR) is 138 cm³/mol. The van der Waals surface area contributed by atoms with Crippen molar-refractivity contribution < 1.29 is 14.3 Å². The second kappa shape index (κ2) is 11.2. The Labute approximate surface area is 209 Å². The van der Waals surface area contributed by atoms with Crippen molar-refractivity contribution in [3.8, 4) is 17.6 Å². The molecule has 5 nitrogen and oxygen atoms in total. The van der Waals surface area contributed by atoms with Crippen molar-refractivity contribution in [2.45, 2.75) is 13.5 Å². The number of nitrogens with zero attached hydrogens (tertiary/aromatic N) is 1. The van der Waals surface area contributed by atoms with E-state index in [-0.39, 0.29) is 5.57 Å². The first-order valence-electron chi connectivity index (χ1n) is 9.64. The van der Waals surface area contributed by atoms with Gasteiger partial charge in [-0.15, -0.1) is 0 Å². The number of hydrogen-bond donors (Lipinski definition) is 1. The quantitative estimate of drug-likeness (QED) is 0.190. The summed E-state index contributed by atoms with van der Waals surface area (Å²) in [6.07, 6.45) is 1.53. The molecular weight excluding hydrogens is 583 g/mol. The number of aryl methyl sites for hydroxylation is 1. The molecule has 0 radical (unpaired) electrons. The highest BCUT2D eigenvalue weighted by Crippen LogP contribution is 2.35. The standard InChI is InChI=1S/C25H20BrIN2O3/c1-16-3-5-17(6-4-16)15-32-24-22(27)12-18(13-23(24)31-2)11-19(14-28)25(30)29-21-9-7-20(26)8-10-21/h3-13H,15H2,1-2H3,(H,29,30)/b19-11-. The smallest absolute Gasteiger partial charge is 0.266 e. The van der Waals surface area contributed by atoms with Gasteiger partial charge in [0.05, 0.1) is 10.7 Å². The summed E-state index contributed by atoms with van der Waals surface area (Å²) < 4.78 is 13.2. The van der Waals surface area contributed by atoms with Crippen molar-refractivity contribution in [3.63, 3.8) is 0 Å². The Balaban J connectivity index is 1.80. The minimum absolute atomic E-state index is 0.0147. The number of methoxy groups -OCH3 is 1. The summed E-state index contributed by atoms with van der Waals surface area (Å²) in [6.45, 7) is 2.44. The van der Waals surface area contributed by atoms with Gasteiger partial charge in [0, 0.05) is 10.2 Å². The summed E-state index contributed by atoms with van der Waals surface area (Å²) >= 11 is 5.51. The fraction of sp³-hybridized carbons (Fsp3) is 0.120. The Morgan fingerprint density at radius 3 is 2.47 bits per heavy atom. The Hall–Kier alpha value is -2.83. The number of benzene rings is 3. The SMILES string of the molecule is COc1cc(/C=C(/C#N)C(=O)Nc2ccc(Br)cc2)cc(I)c1OCc1ccc(C)cc1. The van der Waals surface area contributed by atoms with Crippen LogP contribution in [0.1, 0.15) is 16.7 Å². The molecule has 3 aromatic rings. The molecule has 7 heteroatoms. The highest BCUT2D eigenvalue weighted by atomic mass is 127. The molecule has 0 unspecified atom stereocenters. The summed E-state index contributed by atoms with van der Waals surface area (Å²) in [5.74, 6) is 0.660. The van der Waals surface area contributed by atoms with Gasteiger partial charge < -0.3 is 14.8 Å². The van der Waals surface area contributed by atoms with Crippen LogP contribution in [0, 0.1) is 21.8 Å². The molecule has 3 aromatic carbocycles. The van der Waals surface area contributed by atoms with Crippen LogP contribution in [0.3, 0.4) is 0 Å². The number of nitriles is 1. The second-order valence-corrected chi connectivity index (χ2v) is 9.02. The fourth-order valence-corrected chi connectivity index (χ4v) is 3.90. The molecule has 1 N–H and O–H groups in total. The maximum atomic E-state index is 12.6. The molecule has 0 saturated heterocycles. The second-order valence-electron chi connectivity index (χ2n) is 6.94. The molecule has 32 heavy (non-hydrogen) atoms. The van der Waals surface area contributed by atoms with Gasteiger partial charge in [0.1, 0.15) is 18.2 Å². The third-order valence-corrected chi connectivity index (χ3v) is 5.86. The summed E-state index contributed by atoms with van der Waals surface area (Å²) in [5.41, 5.74) is 3.49. The van der Waals surface area contributed by atoms with Gasteiger partial charge in [0.15, 0.2) is 11.5 Å². The number of amides is 1. The van der Waals surface area contributed by atoms with E-state index in [1.807, 2.05) is 55.5 Å². The Morgan fingerprint density at radius 2 is 1.84 bits per heavy atom. The molecule has 162 valence electrons. The minimum atomic E-state index is -0.483. The van der Waals surface area contributed by atoms with Crippen molar-refractivity contribution in [1.29, 1.82) is 5.26 Å². The normalized spacial score (nSPS) is 10.9. The van der Waals surface area contributed by atoms with Crippen LogP contribution < -0.4 is 14.8 Å². The summed E-state index contributed by atoms with van der Waals surface area (Å²) in [4.78, 5) is 12.6. The molecular formula is C25H20BrIN2O3. The number of anilines is 1. The number of carbonyl (C=O) groups excluding carboxylic acids is 1. The Kier molecular flexibility index (Phi) is 8.31. The lowest BCUT2D eigenvalue weighted by Crippen LogP contribution is -2.13. The average Bonchev–Trinajstić information content (AvgIpc) is 2.79. The van der Waals surface area contributed by atoms with Crippen LogP contribution in [0.4, 0.5) is 5.69 Å². The molecule has 3 rings (SSSR count). The van der Waals surface area contributed by atoms with Crippen LogP contribution in [0.2, 0.25) is 0 Å². The monoisotopic (exact) mass is 602 g/mol. The van der Waals surface area contributed by atoms with Crippen molar-refractivity contribution >= 4 is 56.2 Å². The number of halogens is 2. The molecule has 0 aliphatic carbocycles. The molecule has 0 aromatic heterocycles. The van der Waals surface area contributed by atoms with E-state index < -0.39 is 5.91 Å². The average molecular weight is 603 g/mol. The highest BCUT2D eigenvalue weighted by molar-refractivity contribution is 14.1. The van der Waals surface area contributed by atoms with Crippen LogP contribution in [0.5, 0.6) is 11.5 Å². The first-order chi connectivity index (χ1) is 15.4. The van der Waals surface area contributed by atoms with Gasteiger partial charge in [0.2, 0.25) is 0 Å². The van der Waals surface area contributed by atoms with Crippen LogP contribution in [-0.2, 0) is 11.4 Å². The van der Waals surface area contributed by atoms with Gasteiger partial charge in [-0.3, -0.25) is 4.79 Å². The number of carbonyl (C=O) groups is 1. The zero-order valence-electron chi connectivity index (χ0n) is 17.5. The van der Waals surface area contributed by atoms with E-state index >= 15 is 0 Å². The van der Waals surface area contributed by atoms with E-state index in [1.54, 1.807) is 25.3 Å². The molecule has 0 atom stereocenters. The third kappa shape index (κ3) is 6.34. The lowest BCUT2D eigenvalue weighted by Gasteiger charge is -2.14. The molecule has 1 amide bonds. The first-order valence-corrected chi connectivity index (χ1v) is 11.5. The van der Waals surface area contributed by atoms with Crippen LogP contribution >= 0.6 is 38.5 Å². The molecule has 0 fully saturated rings. The first kappa shape index (κ1) is 23.8. The number of nitrogens with one attached hydrogen (secondary N) is 1. The molecule has 0 spiro atoms. The molecule has 0 bridgehead atoms. The van der Waals surface area contributed by atoms with Gasteiger partial charge in [-0.05, 0) is 83.1 Å². The molecule has 0 heterocycles. The van der Waals surface area contributed by atoms with Crippen molar-refractivity contribution in [2.24, 2.45) is 0 Å². The predicted octanol–water partition coefficient (Wildman–Crippen LogP) is 6.50. The lowest BCUT2D eigenvalue weighted by molar-refractivity contribution is -0.112. The van der Waals surface area contributed by atoms with E-state index in [2.05, 4.69) is 43.8 Å². The summed E-state index contributed by atoms with van der Waals surface area (Å²) in [7, 11) is 1.56. The maximum absolute atomic E-state index is 12.6. The van der Waals surface area contributed by atoms with E-state index in [0.29, 0.717) is 29.4 Å². The maximum Gasteiger partial charge on any atom is 0.266 e. The van der Waals surface area contributed by atoms with Crippen LogP contribution in [0.25, 0.3) is 6.08 Å². The number of ether oxygens (including phenoxy) is 2. The third-order valence-electron chi connectivity index (χ3n) is 4.53. The van der Waals surface area contributed by atoms with E-state index in [4.69, 9.17) is 9.47 Å². The Morgan fingerprint density at radius 1 is 1.16 bits per heavy atom. The van der Waals surface area contributed by atoms with Gasteiger partial charge in [-0.25, -0.2) is 0 Å². The molecule has 0 aliphatic heterocycles. The largest absolute Gasteiger partial charge is 0.493 e. The van der Waals surface area contributed by atoms with Crippen molar-refractivity contribution in [1.82, 2.24) is 0 Å². The molecule has 0 aliphatic rings. The van der Waals surface area contributed by atoms with Gasteiger partial charge in [0.25, 0.3) is 5.91 Å². The number of rotatable bonds is 7. The van der Waals surface area contributed by atoms with Gasteiger partial charge >= 0.3 is 0 Å². The van der Waals surface area contributed by atoms with E-state index in [0.717, 1.165) is 13.6 Å². The van der Waals surface area contributed by atoms with Crippen LogP contribution in [0.15, 0.2) is 70.7 Å². The van der Waals surface area contributed by atoms with Crippen LogP contribution in [-0.4, -0.2) is 13.0 Å². The fourth-order valence-electron chi connectivity index (χ4n) is 2.85. The van der Waals surface area contributed by atoms with Crippen molar-refractivity contribution in [3.05, 3.63) is 91.0 Å². The zero-order chi connectivity index (χ0) is 23.1.